The molecule has 4 unspecified atom stereocenters. The Balaban J connectivity index is 1.43. The number of fused-ring (bicyclic) bond motifs is 5. The summed E-state index contributed by atoms with van der Waals surface area (Å²) in [5.41, 5.74) is -3.62. The zero-order valence-electron chi connectivity index (χ0n) is 20.7. The minimum absolute atomic E-state index is 0.0341. The van der Waals surface area contributed by atoms with Crippen LogP contribution in [0.25, 0.3) is 0 Å². The maximum absolute atomic E-state index is 15.8. The van der Waals surface area contributed by atoms with Gasteiger partial charge in [0.15, 0.2) is 22.2 Å². The topological polar surface area (TPSA) is 104 Å². The predicted octanol–water partition coefficient (Wildman–Crippen LogP) is 4.21. The number of carbonyl (C=O) groups is 2. The molecule has 1 saturated carbocycles. The summed E-state index contributed by atoms with van der Waals surface area (Å²) in [5.74, 6) is -2.52. The molecule has 39 heavy (non-hydrogen) atoms. The van der Waals surface area contributed by atoms with Crippen LogP contribution in [-0.2, 0) is 14.3 Å². The highest BCUT2D eigenvalue weighted by Crippen LogP contribution is 2.70. The summed E-state index contributed by atoms with van der Waals surface area (Å²) in [7, 11) is 1.20. The number of amidine groups is 1. The molecule has 2 saturated heterocycles. The molecule has 1 aliphatic carbocycles. The molecule has 8 nitrogen and oxygen atoms in total. The third-order valence-corrected chi connectivity index (χ3v) is 9.48. The first kappa shape index (κ1) is 26.3. The van der Waals surface area contributed by atoms with E-state index < -0.39 is 47.2 Å². The van der Waals surface area contributed by atoms with Crippen molar-refractivity contribution in [3.05, 3.63) is 62.5 Å². The van der Waals surface area contributed by atoms with Crippen LogP contribution in [0.15, 0.2) is 46.0 Å². The Kier molecular flexibility index (Phi) is 6.27. The van der Waals surface area contributed by atoms with Gasteiger partial charge in [0.1, 0.15) is 11.9 Å². The fraction of sp³-hybridized carbons (Fsp3) is 0.462. The number of carbonyl (C=O) groups excluding carboxylic acids is 1. The zero-order chi connectivity index (χ0) is 27.7. The first-order chi connectivity index (χ1) is 18.6. The van der Waals surface area contributed by atoms with Crippen LogP contribution in [0.3, 0.4) is 0 Å². The van der Waals surface area contributed by atoms with Crippen LogP contribution in [0.5, 0.6) is 0 Å². The summed E-state index contributed by atoms with van der Waals surface area (Å²) >= 11 is 7.60. The van der Waals surface area contributed by atoms with Crippen molar-refractivity contribution < 1.29 is 32.6 Å². The van der Waals surface area contributed by atoms with Crippen molar-refractivity contribution in [1.82, 2.24) is 15.2 Å². The third-order valence-electron chi connectivity index (χ3n) is 8.30. The van der Waals surface area contributed by atoms with Gasteiger partial charge in [0.2, 0.25) is 0 Å². The fourth-order valence-corrected chi connectivity index (χ4v) is 7.34. The molecule has 13 heteroatoms. The molecule has 3 fully saturated rings. The standard InChI is InChI=1S/C26H24ClF3N4O4S/c1-38-24(37)19-15(10-34-16-7-12(9-18(35)36)8-17(34)26(30)11-25(16,26)29)32-22(23-31-5-6-39-23)33-21(19)13-3-2-4-14(28)20(13)27/h2-6,12,16-17,21H,7-11H2,1H3,(H,32,33)(H,35,36)/t12?,16-,17?,21+,25?,26?/m1/s1. The lowest BCUT2D eigenvalue weighted by Gasteiger charge is -2.42. The predicted molar refractivity (Wildman–Crippen MR) is 137 cm³/mol. The van der Waals surface area contributed by atoms with Crippen LogP contribution < -0.4 is 5.32 Å². The largest absolute Gasteiger partial charge is 0.481 e. The number of rotatable bonds is 7. The number of halogens is 4. The van der Waals surface area contributed by atoms with Gasteiger partial charge in [0.25, 0.3) is 0 Å². The van der Waals surface area contributed by atoms with E-state index in [0.29, 0.717) is 10.8 Å². The highest BCUT2D eigenvalue weighted by molar-refractivity contribution is 7.11. The Bertz CT molecular complexity index is 1400. The molecule has 1 aromatic carbocycles. The van der Waals surface area contributed by atoms with Crippen LogP contribution >= 0.6 is 22.9 Å². The molecule has 4 heterocycles. The summed E-state index contributed by atoms with van der Waals surface area (Å²) in [4.78, 5) is 35.1. The highest BCUT2D eigenvalue weighted by atomic mass is 35.5. The summed E-state index contributed by atoms with van der Waals surface area (Å²) in [6.07, 6.45) is 1.54. The second-order valence-corrected chi connectivity index (χ2v) is 11.7. The van der Waals surface area contributed by atoms with Crippen LogP contribution in [-0.4, -0.2) is 69.8 Å². The van der Waals surface area contributed by atoms with Gasteiger partial charge in [-0.3, -0.25) is 14.7 Å². The number of methoxy groups -OCH3 is 1. The van der Waals surface area contributed by atoms with Crippen LogP contribution in [0.1, 0.15) is 42.3 Å². The molecule has 2 N–H and O–H groups in total. The smallest absolute Gasteiger partial charge is 0.338 e. The van der Waals surface area contributed by atoms with E-state index in [0.717, 1.165) is 0 Å². The quantitative estimate of drug-likeness (QED) is 0.473. The van der Waals surface area contributed by atoms with Gasteiger partial charge in [-0.25, -0.2) is 22.9 Å². The number of esters is 1. The number of aliphatic carboxylic acids is 1. The Hall–Kier alpha value is -2.96. The number of ether oxygens (including phenoxy) is 1. The lowest BCUT2D eigenvalue weighted by atomic mass is 9.84. The Morgan fingerprint density at radius 2 is 2.00 bits per heavy atom. The fourth-order valence-electron chi connectivity index (χ4n) is 6.53. The van der Waals surface area contributed by atoms with Gasteiger partial charge in [0, 0.05) is 54.3 Å². The number of carboxylic acids is 1. The van der Waals surface area contributed by atoms with E-state index in [1.54, 1.807) is 22.5 Å². The first-order valence-electron chi connectivity index (χ1n) is 12.4. The average molecular weight is 581 g/mol. The maximum atomic E-state index is 15.8. The molecule has 0 amide bonds. The van der Waals surface area contributed by atoms with Gasteiger partial charge in [-0.2, -0.15) is 0 Å². The van der Waals surface area contributed by atoms with E-state index in [1.807, 2.05) is 0 Å². The van der Waals surface area contributed by atoms with Gasteiger partial charge >= 0.3 is 11.9 Å². The van der Waals surface area contributed by atoms with Gasteiger partial charge in [-0.05, 0) is 24.8 Å². The van der Waals surface area contributed by atoms with Crippen molar-refractivity contribution in [1.29, 1.82) is 0 Å². The van der Waals surface area contributed by atoms with Gasteiger partial charge in [-0.1, -0.05) is 23.7 Å². The van der Waals surface area contributed by atoms with E-state index in [1.165, 1.54) is 30.6 Å². The van der Waals surface area contributed by atoms with Crippen molar-refractivity contribution in [3.8, 4) is 0 Å². The number of aromatic nitrogens is 1. The molecular weight excluding hydrogens is 557 g/mol. The van der Waals surface area contributed by atoms with Gasteiger partial charge in [-0.15, -0.1) is 11.3 Å². The third kappa shape index (κ3) is 4.06. The van der Waals surface area contributed by atoms with Crippen molar-refractivity contribution in [2.24, 2.45) is 10.9 Å². The van der Waals surface area contributed by atoms with Crippen molar-refractivity contribution >= 4 is 40.7 Å². The summed E-state index contributed by atoms with van der Waals surface area (Å²) < 4.78 is 51.2. The van der Waals surface area contributed by atoms with Crippen molar-refractivity contribution in [2.45, 2.75) is 55.1 Å². The second-order valence-electron chi connectivity index (χ2n) is 10.4. The van der Waals surface area contributed by atoms with Crippen molar-refractivity contribution in [3.63, 3.8) is 0 Å². The summed E-state index contributed by atoms with van der Waals surface area (Å²) in [6, 6.07) is 1.38. The number of carboxylic acid groups (broad SMARTS) is 1. The molecule has 2 bridgehead atoms. The minimum Gasteiger partial charge on any atom is -0.481 e. The highest BCUT2D eigenvalue weighted by Gasteiger charge is 2.85. The number of benzene rings is 1. The van der Waals surface area contributed by atoms with Crippen molar-refractivity contribution in [2.75, 3.05) is 13.7 Å². The van der Waals surface area contributed by atoms with E-state index in [2.05, 4.69) is 15.3 Å². The second kappa shape index (κ2) is 9.31. The number of thiazole rings is 1. The van der Waals surface area contributed by atoms with Gasteiger partial charge < -0.3 is 15.2 Å². The average Bonchev–Trinajstić information content (AvgIpc) is 3.20. The number of alkyl halides is 2. The molecule has 6 atom stereocenters. The molecule has 1 aromatic heterocycles. The molecule has 0 spiro atoms. The number of nitrogens with one attached hydrogen (secondary N) is 1. The monoisotopic (exact) mass is 580 g/mol. The Labute approximate surface area is 230 Å². The first-order valence-corrected chi connectivity index (χ1v) is 13.7. The minimum atomic E-state index is -2.08. The molecule has 0 radical (unpaired) electrons. The van der Waals surface area contributed by atoms with Crippen LogP contribution in [0.2, 0.25) is 5.02 Å². The molecule has 4 aliphatic rings. The van der Waals surface area contributed by atoms with Crippen LogP contribution in [0.4, 0.5) is 13.2 Å². The molecule has 2 aromatic rings. The summed E-state index contributed by atoms with van der Waals surface area (Å²) in [6.45, 7) is -0.0648. The SMILES string of the molecule is COC(=O)C1=C(CN2C3CC(CC(=O)O)C[C@@H]2C2(F)CC32F)NC(c2nccs2)=N[C@H]1c1cccc(F)c1Cl. The number of aliphatic imine (C=N–C) groups is 1. The number of piperidine rings is 2. The summed E-state index contributed by atoms with van der Waals surface area (Å²) in [5, 5.41) is 14.4. The lowest BCUT2D eigenvalue weighted by Crippen LogP contribution is -2.52. The van der Waals surface area contributed by atoms with E-state index in [4.69, 9.17) is 16.3 Å². The number of nitrogens with zero attached hydrogens (tertiary/aromatic N) is 3. The Morgan fingerprint density at radius 3 is 2.62 bits per heavy atom. The molecular formula is C26H24ClF3N4O4S. The molecule has 6 rings (SSSR count). The zero-order valence-corrected chi connectivity index (χ0v) is 22.2. The van der Waals surface area contributed by atoms with Crippen LogP contribution in [0, 0.1) is 11.7 Å². The van der Waals surface area contributed by atoms with E-state index >= 15 is 8.78 Å². The molecule has 206 valence electrons. The normalized spacial score (nSPS) is 33.3. The lowest BCUT2D eigenvalue weighted by molar-refractivity contribution is -0.139. The Morgan fingerprint density at radius 1 is 1.28 bits per heavy atom. The van der Waals surface area contributed by atoms with E-state index in [9.17, 15) is 19.1 Å². The van der Waals surface area contributed by atoms with Gasteiger partial charge in [0.05, 0.1) is 17.7 Å². The van der Waals surface area contributed by atoms with E-state index in [-0.39, 0.29) is 60.0 Å². The maximum Gasteiger partial charge on any atom is 0.338 e. The number of hydrogen-bond acceptors (Lipinski definition) is 8. The number of hydrogen-bond donors (Lipinski definition) is 2. The molecule has 3 aliphatic heterocycles.